The van der Waals surface area contributed by atoms with E-state index in [1.807, 2.05) is 19.2 Å². The van der Waals surface area contributed by atoms with E-state index in [1.165, 1.54) is 0 Å². The van der Waals surface area contributed by atoms with Crippen molar-refractivity contribution in [2.45, 2.75) is 13.5 Å². The Kier molecular flexibility index (Phi) is 5.68. The van der Waals surface area contributed by atoms with Gasteiger partial charge < -0.3 is 14.8 Å². The van der Waals surface area contributed by atoms with Gasteiger partial charge >= 0.3 is 0 Å². The average molecular weight is 254 g/mol. The van der Waals surface area contributed by atoms with E-state index < -0.39 is 0 Å². The van der Waals surface area contributed by atoms with Gasteiger partial charge in [-0.1, -0.05) is 17.5 Å². The van der Waals surface area contributed by atoms with Crippen LogP contribution in [0.4, 0.5) is 0 Å². The van der Waals surface area contributed by atoms with Gasteiger partial charge in [-0.3, -0.25) is 0 Å². The van der Waals surface area contributed by atoms with Crippen molar-refractivity contribution >= 4 is 11.6 Å². The second-order valence-corrected chi connectivity index (χ2v) is 3.76. The molecule has 1 aromatic carbocycles. The lowest BCUT2D eigenvalue weighted by atomic mass is 10.2. The third-order valence-electron chi connectivity index (χ3n) is 2.14. The first-order valence-corrected chi connectivity index (χ1v) is 5.64. The number of methoxy groups -OCH3 is 1. The Morgan fingerprint density at radius 1 is 1.41 bits per heavy atom. The second-order valence-electron chi connectivity index (χ2n) is 3.35. The topological polar surface area (TPSA) is 30.5 Å². The number of halogens is 1. The van der Waals surface area contributed by atoms with Gasteiger partial charge in [0, 0.05) is 6.54 Å². The fraction of sp³-hybridized carbons (Fsp3) is 0.385. The number of rotatable bonds is 5. The summed E-state index contributed by atoms with van der Waals surface area (Å²) in [5.41, 5.74) is 1.04. The van der Waals surface area contributed by atoms with Crippen LogP contribution in [0.15, 0.2) is 12.1 Å². The minimum absolute atomic E-state index is 0.304. The molecule has 1 aromatic rings. The highest BCUT2D eigenvalue weighted by atomic mass is 35.5. The summed E-state index contributed by atoms with van der Waals surface area (Å²) in [6.45, 7) is 2.79. The van der Waals surface area contributed by atoms with Crippen LogP contribution in [0, 0.1) is 11.8 Å². The summed E-state index contributed by atoms with van der Waals surface area (Å²) in [6.07, 6.45) is 0. The van der Waals surface area contributed by atoms with Crippen LogP contribution in [0.25, 0.3) is 0 Å². The predicted octanol–water partition coefficient (Wildman–Crippen LogP) is 2.47. The van der Waals surface area contributed by atoms with Gasteiger partial charge in [0.15, 0.2) is 11.5 Å². The van der Waals surface area contributed by atoms with Crippen LogP contribution in [0.1, 0.15) is 12.5 Å². The second kappa shape index (κ2) is 7.05. The Bertz CT molecular complexity index is 435. The third-order valence-corrected chi connectivity index (χ3v) is 2.42. The summed E-state index contributed by atoms with van der Waals surface area (Å²) in [7, 11) is 3.47. The van der Waals surface area contributed by atoms with Crippen LogP contribution in [0.3, 0.4) is 0 Å². The Morgan fingerprint density at radius 3 is 2.76 bits per heavy atom. The third kappa shape index (κ3) is 3.85. The molecule has 0 atom stereocenters. The van der Waals surface area contributed by atoms with Crippen molar-refractivity contribution in [2.75, 3.05) is 20.8 Å². The van der Waals surface area contributed by atoms with Crippen LogP contribution in [0.5, 0.6) is 11.5 Å². The van der Waals surface area contributed by atoms with Crippen molar-refractivity contribution in [1.82, 2.24) is 5.32 Å². The minimum Gasteiger partial charge on any atom is -0.493 e. The SMILES string of the molecule is CC#CCOc1c(Cl)cc(CNC)cc1OC. The highest BCUT2D eigenvalue weighted by molar-refractivity contribution is 6.32. The van der Waals surface area contributed by atoms with E-state index in [4.69, 9.17) is 21.1 Å². The maximum Gasteiger partial charge on any atom is 0.181 e. The molecule has 1 N–H and O–H groups in total. The van der Waals surface area contributed by atoms with Gasteiger partial charge in [0.05, 0.1) is 12.1 Å². The Morgan fingerprint density at radius 2 is 2.18 bits per heavy atom. The molecule has 0 aliphatic carbocycles. The van der Waals surface area contributed by atoms with E-state index in [2.05, 4.69) is 17.2 Å². The van der Waals surface area contributed by atoms with Crippen LogP contribution in [-0.2, 0) is 6.54 Å². The molecule has 0 unspecified atom stereocenters. The van der Waals surface area contributed by atoms with Gasteiger partial charge in [0.1, 0.15) is 6.61 Å². The lowest BCUT2D eigenvalue weighted by Crippen LogP contribution is -2.06. The summed E-state index contributed by atoms with van der Waals surface area (Å²) >= 11 is 6.15. The number of nitrogens with one attached hydrogen (secondary N) is 1. The summed E-state index contributed by atoms with van der Waals surface area (Å²) in [6, 6.07) is 3.76. The lowest BCUT2D eigenvalue weighted by molar-refractivity contribution is 0.330. The van der Waals surface area contributed by atoms with Crippen molar-refractivity contribution in [3.05, 3.63) is 22.7 Å². The average Bonchev–Trinajstić information content (AvgIpc) is 2.32. The zero-order valence-corrected chi connectivity index (χ0v) is 11.0. The van der Waals surface area contributed by atoms with E-state index in [0.29, 0.717) is 23.1 Å². The number of hydrogen-bond donors (Lipinski definition) is 1. The highest BCUT2D eigenvalue weighted by Gasteiger charge is 2.11. The van der Waals surface area contributed by atoms with E-state index >= 15 is 0 Å². The molecule has 0 amide bonds. The number of ether oxygens (including phenoxy) is 2. The molecular weight excluding hydrogens is 238 g/mol. The normalized spacial score (nSPS) is 9.41. The first kappa shape index (κ1) is 13.7. The van der Waals surface area contributed by atoms with Gasteiger partial charge in [-0.2, -0.15) is 0 Å². The Balaban J connectivity index is 2.97. The molecule has 0 fully saturated rings. The van der Waals surface area contributed by atoms with E-state index in [-0.39, 0.29) is 0 Å². The fourth-order valence-electron chi connectivity index (χ4n) is 1.40. The molecule has 1 rings (SSSR count). The standard InChI is InChI=1S/C13H16ClNO2/c1-4-5-6-17-13-11(14)7-10(9-15-2)8-12(13)16-3/h7-8,15H,6,9H2,1-3H3. The fourth-order valence-corrected chi connectivity index (χ4v) is 1.69. The van der Waals surface area contributed by atoms with Crippen molar-refractivity contribution in [3.63, 3.8) is 0 Å². The minimum atomic E-state index is 0.304. The molecule has 0 saturated carbocycles. The van der Waals surface area contributed by atoms with Crippen molar-refractivity contribution < 1.29 is 9.47 Å². The molecule has 3 nitrogen and oxygen atoms in total. The smallest absolute Gasteiger partial charge is 0.181 e. The molecule has 0 spiro atoms. The zero-order valence-electron chi connectivity index (χ0n) is 10.3. The van der Waals surface area contributed by atoms with Crippen LogP contribution >= 0.6 is 11.6 Å². The highest BCUT2D eigenvalue weighted by Crippen LogP contribution is 2.36. The van der Waals surface area contributed by atoms with E-state index in [9.17, 15) is 0 Å². The molecular formula is C13H16ClNO2. The molecule has 0 bridgehead atoms. The van der Waals surface area contributed by atoms with Gasteiger partial charge in [-0.25, -0.2) is 0 Å². The van der Waals surface area contributed by atoms with Crippen LogP contribution in [0.2, 0.25) is 5.02 Å². The monoisotopic (exact) mass is 253 g/mol. The van der Waals surface area contributed by atoms with Crippen LogP contribution in [-0.4, -0.2) is 20.8 Å². The zero-order chi connectivity index (χ0) is 12.7. The van der Waals surface area contributed by atoms with Gasteiger partial charge in [0.25, 0.3) is 0 Å². The number of benzene rings is 1. The van der Waals surface area contributed by atoms with Crippen molar-refractivity contribution in [3.8, 4) is 23.3 Å². The van der Waals surface area contributed by atoms with Gasteiger partial charge in [-0.15, -0.1) is 5.92 Å². The van der Waals surface area contributed by atoms with Crippen LogP contribution < -0.4 is 14.8 Å². The maximum atomic E-state index is 6.15. The van der Waals surface area contributed by atoms with E-state index in [1.54, 1.807) is 14.0 Å². The molecule has 0 saturated heterocycles. The first-order valence-electron chi connectivity index (χ1n) is 5.26. The molecule has 0 radical (unpaired) electrons. The summed E-state index contributed by atoms with van der Waals surface area (Å²) < 4.78 is 10.7. The molecule has 17 heavy (non-hydrogen) atoms. The predicted molar refractivity (Wildman–Crippen MR) is 69.7 cm³/mol. The first-order chi connectivity index (χ1) is 8.22. The van der Waals surface area contributed by atoms with Crippen molar-refractivity contribution in [2.24, 2.45) is 0 Å². The van der Waals surface area contributed by atoms with Crippen molar-refractivity contribution in [1.29, 1.82) is 0 Å². The molecule has 4 heteroatoms. The van der Waals surface area contributed by atoms with Gasteiger partial charge in [0.2, 0.25) is 0 Å². The lowest BCUT2D eigenvalue weighted by Gasteiger charge is -2.12. The quantitative estimate of drug-likeness (QED) is 0.818. The Hall–Kier alpha value is -1.37. The maximum absolute atomic E-state index is 6.15. The molecule has 0 aliphatic heterocycles. The Labute approximate surface area is 107 Å². The summed E-state index contributed by atoms with van der Waals surface area (Å²) in [5, 5.41) is 3.59. The molecule has 92 valence electrons. The molecule has 0 heterocycles. The summed E-state index contributed by atoms with van der Waals surface area (Å²) in [4.78, 5) is 0. The molecule has 0 aromatic heterocycles. The van der Waals surface area contributed by atoms with E-state index in [0.717, 1.165) is 12.1 Å². The molecule has 0 aliphatic rings. The summed E-state index contributed by atoms with van der Waals surface area (Å²) in [5.74, 6) is 6.74. The number of hydrogen-bond acceptors (Lipinski definition) is 3. The largest absolute Gasteiger partial charge is 0.493 e. The van der Waals surface area contributed by atoms with Gasteiger partial charge in [-0.05, 0) is 31.7 Å².